The van der Waals surface area contributed by atoms with Crippen LogP contribution < -0.4 is 20.3 Å². The van der Waals surface area contributed by atoms with Crippen LogP contribution in [0.2, 0.25) is 9.36 Å². The number of urea groups is 1. The van der Waals surface area contributed by atoms with Gasteiger partial charge in [-0.05, 0) is 42.5 Å². The number of hydrogen-bond acceptors (Lipinski definition) is 7. The average Bonchev–Trinajstić information content (AvgIpc) is 3.21. The fourth-order valence-electron chi connectivity index (χ4n) is 2.95. The molecule has 13 heteroatoms. The van der Waals surface area contributed by atoms with Gasteiger partial charge in [-0.25, -0.2) is 22.9 Å². The number of carbonyl (C=O) groups excluding carboxylic acids is 1. The van der Waals surface area contributed by atoms with Crippen LogP contribution in [0.5, 0.6) is 5.75 Å². The number of methoxy groups -OCH3 is 1. The predicted molar refractivity (Wildman–Crippen MR) is 128 cm³/mol. The Labute approximate surface area is 201 Å². The number of fused-ring (bicyclic) bond motifs is 1. The van der Waals surface area contributed by atoms with Gasteiger partial charge in [-0.1, -0.05) is 23.2 Å². The Morgan fingerprint density at radius 1 is 1.12 bits per heavy atom. The Morgan fingerprint density at radius 3 is 2.58 bits per heavy atom. The van der Waals surface area contributed by atoms with Gasteiger partial charge in [-0.2, -0.15) is 0 Å². The Hall–Kier alpha value is -3.12. The van der Waals surface area contributed by atoms with Crippen LogP contribution in [0.15, 0.2) is 63.9 Å². The molecule has 2 aromatic heterocycles. The minimum atomic E-state index is -4.08. The summed E-state index contributed by atoms with van der Waals surface area (Å²) >= 11 is 12.9. The van der Waals surface area contributed by atoms with Crippen LogP contribution in [0, 0.1) is 0 Å². The number of ether oxygens (including phenoxy) is 1. The summed E-state index contributed by atoms with van der Waals surface area (Å²) in [6, 6.07) is 11.0. The van der Waals surface area contributed by atoms with Crippen molar-refractivity contribution in [3.63, 3.8) is 0 Å². The molecule has 33 heavy (non-hydrogen) atoms. The van der Waals surface area contributed by atoms with Crippen molar-refractivity contribution in [3.8, 4) is 11.4 Å². The lowest BCUT2D eigenvalue weighted by Gasteiger charge is -2.12. The summed E-state index contributed by atoms with van der Waals surface area (Å²) in [5, 5.41) is 2.90. The third-order valence-corrected chi connectivity index (χ3v) is 7.83. The van der Waals surface area contributed by atoms with Crippen molar-refractivity contribution in [2.24, 2.45) is 0 Å². The topological polar surface area (TPSA) is 119 Å². The van der Waals surface area contributed by atoms with Gasteiger partial charge >= 0.3 is 6.03 Å². The van der Waals surface area contributed by atoms with Gasteiger partial charge in [0, 0.05) is 11.8 Å². The molecule has 9 nitrogen and oxygen atoms in total. The number of nitrogens with zero attached hydrogens (tertiary/aromatic N) is 2. The summed E-state index contributed by atoms with van der Waals surface area (Å²) in [6.45, 7) is 0. The summed E-state index contributed by atoms with van der Waals surface area (Å²) < 4.78 is 33.0. The molecule has 0 fully saturated rings. The van der Waals surface area contributed by atoms with Crippen molar-refractivity contribution in [2.75, 3.05) is 12.4 Å². The number of sulfonamides is 1. The monoisotopic (exact) mass is 524 g/mol. The SMILES string of the molecule is COc1ccc2c(=O)n(-c3ccc(NC(=O)NS(=O)(=O)c4ccc(Cl)s4)cc3Cl)cnc2c1. The van der Waals surface area contributed by atoms with E-state index < -0.39 is 16.1 Å². The van der Waals surface area contributed by atoms with Crippen LogP contribution in [-0.4, -0.2) is 31.1 Å². The summed E-state index contributed by atoms with van der Waals surface area (Å²) in [6.07, 6.45) is 1.34. The maximum absolute atomic E-state index is 12.9. The van der Waals surface area contributed by atoms with Gasteiger partial charge < -0.3 is 10.1 Å². The first kappa shape index (κ1) is 23.1. The molecule has 2 heterocycles. The van der Waals surface area contributed by atoms with Gasteiger partial charge in [0.2, 0.25) is 0 Å². The van der Waals surface area contributed by atoms with Crippen molar-refractivity contribution in [1.82, 2.24) is 14.3 Å². The van der Waals surface area contributed by atoms with E-state index in [2.05, 4.69) is 10.3 Å². The number of aromatic nitrogens is 2. The Morgan fingerprint density at radius 2 is 1.91 bits per heavy atom. The molecule has 0 saturated heterocycles. The number of thiophene rings is 1. The minimum Gasteiger partial charge on any atom is -0.497 e. The molecule has 170 valence electrons. The van der Waals surface area contributed by atoms with E-state index in [0.29, 0.717) is 22.3 Å². The molecule has 0 aliphatic heterocycles. The van der Waals surface area contributed by atoms with E-state index in [1.807, 2.05) is 4.72 Å². The van der Waals surface area contributed by atoms with Crippen LogP contribution in [0.25, 0.3) is 16.6 Å². The Bertz CT molecular complexity index is 1550. The van der Waals surface area contributed by atoms with Gasteiger partial charge in [-0.3, -0.25) is 9.36 Å². The number of amides is 2. The number of nitrogens with one attached hydrogen (secondary N) is 2. The first-order valence-electron chi connectivity index (χ1n) is 9.12. The predicted octanol–water partition coefficient (Wildman–Crippen LogP) is 4.27. The fourth-order valence-corrected chi connectivity index (χ4v) is 5.61. The molecule has 2 aromatic carbocycles. The highest BCUT2D eigenvalue weighted by Crippen LogP contribution is 2.26. The second-order valence-electron chi connectivity index (χ2n) is 6.59. The third kappa shape index (κ3) is 4.81. The lowest BCUT2D eigenvalue weighted by molar-refractivity contribution is 0.256. The number of rotatable bonds is 5. The van der Waals surface area contributed by atoms with Crippen molar-refractivity contribution in [2.45, 2.75) is 4.21 Å². The number of anilines is 1. The maximum atomic E-state index is 12.9. The van der Waals surface area contributed by atoms with E-state index in [1.54, 1.807) is 18.2 Å². The quantitative estimate of drug-likeness (QED) is 0.402. The van der Waals surface area contributed by atoms with E-state index in [0.717, 1.165) is 11.3 Å². The third-order valence-electron chi connectivity index (χ3n) is 4.47. The molecule has 4 aromatic rings. The first-order chi connectivity index (χ1) is 15.7. The normalized spacial score (nSPS) is 11.4. The molecule has 0 aliphatic rings. The molecule has 0 bridgehead atoms. The molecule has 2 N–H and O–H groups in total. The second kappa shape index (κ2) is 9.02. The van der Waals surface area contributed by atoms with E-state index in [4.69, 9.17) is 27.9 Å². The first-order valence-corrected chi connectivity index (χ1v) is 12.2. The number of benzene rings is 2. The van der Waals surface area contributed by atoms with Crippen LogP contribution in [0.4, 0.5) is 10.5 Å². The highest BCUT2D eigenvalue weighted by atomic mass is 35.5. The number of hydrogen-bond donors (Lipinski definition) is 2. The zero-order valence-corrected chi connectivity index (χ0v) is 19.8. The fraction of sp³-hybridized carbons (Fsp3) is 0.0500. The minimum absolute atomic E-state index is 0.100. The largest absolute Gasteiger partial charge is 0.497 e. The molecule has 0 aliphatic carbocycles. The molecule has 0 spiro atoms. The smallest absolute Gasteiger partial charge is 0.333 e. The van der Waals surface area contributed by atoms with Crippen LogP contribution in [-0.2, 0) is 10.0 Å². The van der Waals surface area contributed by atoms with Gasteiger partial charge in [-0.15, -0.1) is 11.3 Å². The van der Waals surface area contributed by atoms with Crippen molar-refractivity contribution >= 4 is 67.2 Å². The molecule has 4 rings (SSSR count). The molecule has 0 unspecified atom stereocenters. The molecule has 2 amide bonds. The van der Waals surface area contributed by atoms with Crippen LogP contribution in [0.3, 0.4) is 0 Å². The average molecular weight is 525 g/mol. The maximum Gasteiger partial charge on any atom is 0.333 e. The van der Waals surface area contributed by atoms with Gasteiger partial charge in [0.15, 0.2) is 0 Å². The van der Waals surface area contributed by atoms with Crippen LogP contribution >= 0.6 is 34.5 Å². The number of halogens is 2. The summed E-state index contributed by atoms with van der Waals surface area (Å²) in [5.74, 6) is 0.572. The van der Waals surface area contributed by atoms with Crippen molar-refractivity contribution in [1.29, 1.82) is 0 Å². The highest BCUT2D eigenvalue weighted by Gasteiger charge is 2.20. The van der Waals surface area contributed by atoms with E-state index in [1.165, 1.54) is 48.3 Å². The van der Waals surface area contributed by atoms with Crippen LogP contribution in [0.1, 0.15) is 0 Å². The molecule has 0 atom stereocenters. The molecular formula is C20H14Cl2N4O5S2. The van der Waals surface area contributed by atoms with E-state index in [9.17, 15) is 18.0 Å². The summed E-state index contributed by atoms with van der Waals surface area (Å²) in [5.41, 5.74) is 0.671. The number of carbonyl (C=O) groups is 1. The standard InChI is InChI=1S/C20H14Cl2N4O5S2/c1-31-12-3-4-13-15(9-12)23-10-26(19(13)27)16-5-2-11(8-14(16)21)24-20(28)25-33(29,30)18-7-6-17(22)32-18/h2-10H,1H3,(H2,24,25,28). The van der Waals surface area contributed by atoms with E-state index in [-0.39, 0.29) is 24.8 Å². The molecular weight excluding hydrogens is 511 g/mol. The second-order valence-corrected chi connectivity index (χ2v) is 10.6. The summed E-state index contributed by atoms with van der Waals surface area (Å²) in [4.78, 5) is 29.4. The molecule has 0 radical (unpaired) electrons. The van der Waals surface area contributed by atoms with Crippen molar-refractivity contribution in [3.05, 3.63) is 74.6 Å². The molecule has 0 saturated carbocycles. The summed E-state index contributed by atoms with van der Waals surface area (Å²) in [7, 11) is -2.56. The van der Waals surface area contributed by atoms with Gasteiger partial charge in [0.25, 0.3) is 15.6 Å². The lowest BCUT2D eigenvalue weighted by Crippen LogP contribution is -2.33. The Kier molecular flexibility index (Phi) is 6.30. The zero-order valence-electron chi connectivity index (χ0n) is 16.7. The Balaban J connectivity index is 1.57. The van der Waals surface area contributed by atoms with Gasteiger partial charge in [0.05, 0.1) is 33.1 Å². The lowest BCUT2D eigenvalue weighted by atomic mass is 10.2. The van der Waals surface area contributed by atoms with E-state index >= 15 is 0 Å². The van der Waals surface area contributed by atoms with Crippen molar-refractivity contribution < 1.29 is 17.9 Å². The zero-order chi connectivity index (χ0) is 23.8. The van der Waals surface area contributed by atoms with Gasteiger partial charge in [0.1, 0.15) is 16.3 Å². The highest BCUT2D eigenvalue weighted by molar-refractivity contribution is 7.92.